The van der Waals surface area contributed by atoms with Gasteiger partial charge in [-0.1, -0.05) is 41.4 Å². The predicted octanol–water partition coefficient (Wildman–Crippen LogP) is 4.84. The van der Waals surface area contributed by atoms with Crippen molar-refractivity contribution in [2.75, 3.05) is 11.9 Å². The van der Waals surface area contributed by atoms with Gasteiger partial charge in [0, 0.05) is 17.4 Å². The number of unbranched alkanes of at least 4 members (excludes halogenated alkanes) is 1. The summed E-state index contributed by atoms with van der Waals surface area (Å²) in [4.78, 5) is 12.4. The molecule has 0 spiro atoms. The molecule has 2 N–H and O–H groups in total. The average Bonchev–Trinajstić information content (AvgIpc) is 3.04. The van der Waals surface area contributed by atoms with E-state index in [1.807, 2.05) is 6.92 Å². The maximum atomic E-state index is 13.6. The van der Waals surface area contributed by atoms with Crippen LogP contribution in [0.1, 0.15) is 54.2 Å². The molecular weight excluding hydrogens is 425 g/mol. The number of nitrogens with zero attached hydrogens (tertiary/aromatic N) is 2. The lowest BCUT2D eigenvalue weighted by molar-refractivity contribution is -0.173. The number of carbonyl (C=O) groups is 1. The second-order valence-electron chi connectivity index (χ2n) is 6.50. The summed E-state index contributed by atoms with van der Waals surface area (Å²) < 4.78 is 42.6. The maximum Gasteiger partial charge on any atom is 0.410 e. The van der Waals surface area contributed by atoms with Gasteiger partial charge in [0.2, 0.25) is 0 Å². The van der Waals surface area contributed by atoms with Crippen molar-refractivity contribution < 1.29 is 18.0 Å². The van der Waals surface area contributed by atoms with Crippen LogP contribution in [-0.2, 0) is 0 Å². The quantitative estimate of drug-likeness (QED) is 0.648. The van der Waals surface area contributed by atoms with E-state index in [2.05, 4.69) is 31.7 Å². The zero-order valence-electron chi connectivity index (χ0n) is 14.7. The van der Waals surface area contributed by atoms with Gasteiger partial charge in [-0.3, -0.25) is 4.79 Å². The molecule has 1 aliphatic heterocycles. The normalized spacial score (nSPS) is 19.3. The minimum Gasteiger partial charge on any atom is -0.363 e. The Hall–Kier alpha value is -2.03. The number of rotatable bonds is 5. The first kappa shape index (κ1) is 19.7. The van der Waals surface area contributed by atoms with Gasteiger partial charge in [0.05, 0.1) is 12.2 Å². The molecule has 0 saturated carbocycles. The van der Waals surface area contributed by atoms with E-state index in [0.29, 0.717) is 6.54 Å². The van der Waals surface area contributed by atoms with Crippen molar-refractivity contribution >= 4 is 27.7 Å². The monoisotopic (exact) mass is 444 g/mol. The van der Waals surface area contributed by atoms with Gasteiger partial charge in [0.25, 0.3) is 5.91 Å². The molecule has 1 aromatic heterocycles. The van der Waals surface area contributed by atoms with Crippen LogP contribution < -0.4 is 10.6 Å². The molecule has 0 aliphatic carbocycles. The number of hydrogen-bond donors (Lipinski definition) is 2. The Kier molecular flexibility index (Phi) is 5.78. The standard InChI is InChI=1S/C18H20BrF3N4O/c1-2-3-8-23-17(27)13-10-24-26-15(18(20,21)22)9-14(25-16(13)26)11-4-6-12(19)7-5-11/h4-7,10,14-15,25H,2-3,8-9H2,1H3,(H,23,27). The molecule has 0 fully saturated rings. The van der Waals surface area contributed by atoms with Gasteiger partial charge < -0.3 is 10.6 Å². The van der Waals surface area contributed by atoms with Gasteiger partial charge >= 0.3 is 6.18 Å². The van der Waals surface area contributed by atoms with E-state index >= 15 is 0 Å². The first-order valence-corrected chi connectivity index (χ1v) is 9.55. The first-order valence-electron chi connectivity index (χ1n) is 8.75. The smallest absolute Gasteiger partial charge is 0.363 e. The van der Waals surface area contributed by atoms with Gasteiger partial charge in [0.15, 0.2) is 6.04 Å². The zero-order valence-corrected chi connectivity index (χ0v) is 16.3. The highest BCUT2D eigenvalue weighted by Gasteiger charge is 2.47. The molecule has 3 rings (SSSR count). The summed E-state index contributed by atoms with van der Waals surface area (Å²) in [6.07, 6.45) is -1.75. The molecule has 27 heavy (non-hydrogen) atoms. The highest BCUT2D eigenvalue weighted by molar-refractivity contribution is 9.10. The summed E-state index contributed by atoms with van der Waals surface area (Å²) in [5.41, 5.74) is 0.847. The van der Waals surface area contributed by atoms with E-state index < -0.39 is 24.2 Å². The van der Waals surface area contributed by atoms with Crippen LogP contribution in [0.2, 0.25) is 0 Å². The SMILES string of the molecule is CCCCNC(=O)c1cnn2c1NC(c1ccc(Br)cc1)CC2C(F)(F)F. The highest BCUT2D eigenvalue weighted by atomic mass is 79.9. The molecule has 9 heteroatoms. The number of alkyl halides is 3. The summed E-state index contributed by atoms with van der Waals surface area (Å²) in [6, 6.07) is 4.73. The molecule has 2 unspecified atom stereocenters. The fourth-order valence-corrected chi connectivity index (χ4v) is 3.38. The third-order valence-electron chi connectivity index (χ3n) is 4.57. The van der Waals surface area contributed by atoms with Crippen LogP contribution in [0.25, 0.3) is 0 Å². The molecule has 0 radical (unpaired) electrons. The molecule has 1 aromatic carbocycles. The Balaban J connectivity index is 1.93. The van der Waals surface area contributed by atoms with Crippen molar-refractivity contribution in [2.45, 2.75) is 44.4 Å². The third kappa shape index (κ3) is 4.28. The number of carbonyl (C=O) groups excluding carboxylic acids is 1. The topological polar surface area (TPSA) is 59.0 Å². The fourth-order valence-electron chi connectivity index (χ4n) is 3.12. The highest BCUT2D eigenvalue weighted by Crippen LogP contribution is 2.44. The number of fused-ring (bicyclic) bond motifs is 1. The molecule has 2 atom stereocenters. The lowest BCUT2D eigenvalue weighted by atomic mass is 9.96. The van der Waals surface area contributed by atoms with Gasteiger partial charge in [-0.05, 0) is 24.1 Å². The van der Waals surface area contributed by atoms with Gasteiger partial charge in [-0.25, -0.2) is 4.68 Å². The molecular formula is C18H20BrF3N4O. The summed E-state index contributed by atoms with van der Waals surface area (Å²) in [5.74, 6) is -0.319. The third-order valence-corrected chi connectivity index (χ3v) is 5.10. The zero-order chi connectivity index (χ0) is 19.6. The van der Waals surface area contributed by atoms with E-state index in [9.17, 15) is 18.0 Å². The Morgan fingerprint density at radius 2 is 2.07 bits per heavy atom. The van der Waals surface area contributed by atoms with Crippen LogP contribution in [0.5, 0.6) is 0 Å². The van der Waals surface area contributed by atoms with Crippen LogP contribution in [0.4, 0.5) is 19.0 Å². The van der Waals surface area contributed by atoms with Crippen molar-refractivity contribution in [3.05, 3.63) is 46.1 Å². The van der Waals surface area contributed by atoms with Crippen molar-refractivity contribution in [3.63, 3.8) is 0 Å². The maximum absolute atomic E-state index is 13.6. The predicted molar refractivity (Wildman–Crippen MR) is 99.7 cm³/mol. The van der Waals surface area contributed by atoms with Gasteiger partial charge in [0.1, 0.15) is 11.4 Å². The molecule has 0 saturated heterocycles. The Labute approximate surface area is 163 Å². The lowest BCUT2D eigenvalue weighted by Crippen LogP contribution is -2.36. The van der Waals surface area contributed by atoms with Crippen LogP contribution >= 0.6 is 15.9 Å². The molecule has 5 nitrogen and oxygen atoms in total. The van der Waals surface area contributed by atoms with Crippen molar-refractivity contribution in [1.82, 2.24) is 15.1 Å². The summed E-state index contributed by atoms with van der Waals surface area (Å²) in [7, 11) is 0. The van der Waals surface area contributed by atoms with Crippen LogP contribution in [0, 0.1) is 0 Å². The second kappa shape index (κ2) is 7.92. The molecule has 146 valence electrons. The molecule has 0 bridgehead atoms. The number of nitrogens with one attached hydrogen (secondary N) is 2. The number of amides is 1. The van der Waals surface area contributed by atoms with E-state index in [-0.39, 0.29) is 17.8 Å². The molecule has 2 aromatic rings. The Morgan fingerprint density at radius 3 is 2.70 bits per heavy atom. The van der Waals surface area contributed by atoms with Crippen LogP contribution in [0.3, 0.4) is 0 Å². The van der Waals surface area contributed by atoms with E-state index in [4.69, 9.17) is 0 Å². The minimum absolute atomic E-state index is 0.102. The average molecular weight is 445 g/mol. The summed E-state index contributed by atoms with van der Waals surface area (Å²) in [5, 5.41) is 9.67. The minimum atomic E-state index is -4.47. The van der Waals surface area contributed by atoms with Crippen molar-refractivity contribution in [2.24, 2.45) is 0 Å². The number of anilines is 1. The van der Waals surface area contributed by atoms with E-state index in [1.54, 1.807) is 24.3 Å². The van der Waals surface area contributed by atoms with Crippen molar-refractivity contribution in [1.29, 1.82) is 0 Å². The number of aromatic nitrogens is 2. The molecule has 2 heterocycles. The Morgan fingerprint density at radius 1 is 1.37 bits per heavy atom. The lowest BCUT2D eigenvalue weighted by Gasteiger charge is -2.34. The van der Waals surface area contributed by atoms with Crippen molar-refractivity contribution in [3.8, 4) is 0 Å². The molecule has 1 aliphatic rings. The first-order chi connectivity index (χ1) is 12.8. The Bertz CT molecular complexity index is 804. The summed E-state index contributed by atoms with van der Waals surface area (Å²) in [6.45, 7) is 2.46. The van der Waals surface area contributed by atoms with Crippen LogP contribution in [0.15, 0.2) is 34.9 Å². The summed E-state index contributed by atoms with van der Waals surface area (Å²) >= 11 is 3.33. The second-order valence-corrected chi connectivity index (χ2v) is 7.42. The van der Waals surface area contributed by atoms with Gasteiger partial charge in [-0.2, -0.15) is 18.3 Å². The fraction of sp³-hybridized carbons (Fsp3) is 0.444. The number of halogens is 4. The van der Waals surface area contributed by atoms with E-state index in [1.165, 1.54) is 6.20 Å². The van der Waals surface area contributed by atoms with Crippen LogP contribution in [-0.4, -0.2) is 28.4 Å². The van der Waals surface area contributed by atoms with Gasteiger partial charge in [-0.15, -0.1) is 0 Å². The molecule has 1 amide bonds. The largest absolute Gasteiger partial charge is 0.410 e. The number of hydrogen-bond acceptors (Lipinski definition) is 3. The number of benzene rings is 1. The van der Waals surface area contributed by atoms with E-state index in [0.717, 1.165) is 27.6 Å².